The van der Waals surface area contributed by atoms with E-state index < -0.39 is 0 Å². The summed E-state index contributed by atoms with van der Waals surface area (Å²) in [7, 11) is 0. The molecule has 1 aliphatic heterocycles. The van der Waals surface area contributed by atoms with Crippen LogP contribution in [0.25, 0.3) is 18.2 Å². The van der Waals surface area contributed by atoms with E-state index in [1.54, 1.807) is 6.21 Å². The van der Waals surface area contributed by atoms with E-state index in [0.717, 1.165) is 28.2 Å². The minimum atomic E-state index is 0.194. The van der Waals surface area contributed by atoms with Crippen molar-refractivity contribution in [2.24, 2.45) is 15.9 Å². The molecular formula is C13H13N3O. The van der Waals surface area contributed by atoms with Gasteiger partial charge in [0, 0.05) is 16.1 Å². The summed E-state index contributed by atoms with van der Waals surface area (Å²) in [5, 5.41) is 12.0. The van der Waals surface area contributed by atoms with Crippen molar-refractivity contribution in [2.75, 3.05) is 0 Å². The quantitative estimate of drug-likeness (QED) is 0.731. The molecule has 1 aromatic rings. The molecule has 0 bridgehead atoms. The Kier molecular flexibility index (Phi) is 2.21. The van der Waals surface area contributed by atoms with Crippen molar-refractivity contribution >= 4 is 30.8 Å². The minimum absolute atomic E-state index is 0.194. The molecule has 2 heterocycles. The molecule has 2 N–H and O–H groups in total. The van der Waals surface area contributed by atoms with Gasteiger partial charge in [-0.1, -0.05) is 19.1 Å². The zero-order valence-corrected chi connectivity index (χ0v) is 9.51. The Labute approximate surface area is 98.4 Å². The molecule has 1 unspecified atom stereocenters. The average molecular weight is 227 g/mol. The fraction of sp³-hybridized carbons (Fsp3) is 0.231. The fourth-order valence-electron chi connectivity index (χ4n) is 2.15. The second-order valence-electron chi connectivity index (χ2n) is 4.39. The molecule has 0 radical (unpaired) electrons. The van der Waals surface area contributed by atoms with E-state index in [1.807, 2.05) is 6.08 Å². The van der Waals surface area contributed by atoms with Crippen LogP contribution < -0.4 is 10.6 Å². The van der Waals surface area contributed by atoms with Crippen LogP contribution in [0, 0.1) is 5.92 Å². The van der Waals surface area contributed by atoms with Crippen LogP contribution in [0.2, 0.25) is 0 Å². The summed E-state index contributed by atoms with van der Waals surface area (Å²) in [5.74, 6) is 0.701. The molecule has 0 saturated heterocycles. The lowest BCUT2D eigenvalue weighted by atomic mass is 10.0. The third kappa shape index (κ3) is 1.71. The van der Waals surface area contributed by atoms with Crippen molar-refractivity contribution in [3.63, 3.8) is 0 Å². The van der Waals surface area contributed by atoms with E-state index in [-0.39, 0.29) is 5.88 Å². The summed E-state index contributed by atoms with van der Waals surface area (Å²) in [6, 6.07) is 0. The molecule has 0 aromatic carbocycles. The third-order valence-corrected chi connectivity index (χ3v) is 3.01. The number of H-pyrrole nitrogens is 1. The number of aromatic amines is 1. The summed E-state index contributed by atoms with van der Waals surface area (Å²) in [6.07, 6.45) is 10.3. The van der Waals surface area contributed by atoms with Gasteiger partial charge in [-0.25, -0.2) is 9.98 Å². The van der Waals surface area contributed by atoms with Gasteiger partial charge in [0.1, 0.15) is 6.34 Å². The first-order chi connectivity index (χ1) is 8.24. The number of nitrogens with one attached hydrogen (secondary N) is 1. The van der Waals surface area contributed by atoms with Crippen LogP contribution in [0.15, 0.2) is 15.7 Å². The number of nitrogens with zero attached hydrogens (tertiary/aromatic N) is 2. The second-order valence-corrected chi connectivity index (χ2v) is 4.39. The lowest BCUT2D eigenvalue weighted by Crippen LogP contribution is -2.28. The summed E-state index contributed by atoms with van der Waals surface area (Å²) < 4.78 is 0. The Morgan fingerprint density at radius 2 is 2.41 bits per heavy atom. The molecule has 1 aromatic heterocycles. The highest BCUT2D eigenvalue weighted by Crippen LogP contribution is 2.15. The van der Waals surface area contributed by atoms with E-state index >= 15 is 0 Å². The van der Waals surface area contributed by atoms with Crippen molar-refractivity contribution in [1.82, 2.24) is 4.98 Å². The Hall–Kier alpha value is -2.10. The molecule has 4 nitrogen and oxygen atoms in total. The van der Waals surface area contributed by atoms with Gasteiger partial charge in [-0.2, -0.15) is 0 Å². The normalized spacial score (nSPS) is 23.6. The van der Waals surface area contributed by atoms with Gasteiger partial charge < -0.3 is 10.1 Å². The van der Waals surface area contributed by atoms with E-state index in [1.165, 1.54) is 6.34 Å². The molecule has 0 spiro atoms. The van der Waals surface area contributed by atoms with Crippen molar-refractivity contribution in [2.45, 2.75) is 13.3 Å². The van der Waals surface area contributed by atoms with Crippen molar-refractivity contribution in [3.8, 4) is 5.88 Å². The Morgan fingerprint density at radius 1 is 1.53 bits per heavy atom. The molecule has 1 atom stereocenters. The Bertz CT molecular complexity index is 648. The van der Waals surface area contributed by atoms with Crippen molar-refractivity contribution in [1.29, 1.82) is 0 Å². The molecule has 17 heavy (non-hydrogen) atoms. The van der Waals surface area contributed by atoms with Gasteiger partial charge in [0.2, 0.25) is 0 Å². The zero-order chi connectivity index (χ0) is 11.8. The van der Waals surface area contributed by atoms with Crippen LogP contribution in [-0.2, 0) is 0 Å². The Morgan fingerprint density at radius 3 is 3.18 bits per heavy atom. The molecule has 86 valence electrons. The first-order valence-corrected chi connectivity index (χ1v) is 5.64. The monoisotopic (exact) mass is 227 g/mol. The molecule has 1 aliphatic carbocycles. The summed E-state index contributed by atoms with van der Waals surface area (Å²) in [5.41, 5.74) is 1.55. The van der Waals surface area contributed by atoms with Crippen LogP contribution >= 0.6 is 0 Å². The smallest absolute Gasteiger partial charge is 0.196 e. The highest BCUT2D eigenvalue weighted by atomic mass is 16.3. The van der Waals surface area contributed by atoms with Gasteiger partial charge in [0.05, 0.1) is 11.9 Å². The number of aliphatic imine (C=N–C) groups is 2. The number of hydrogen-bond donors (Lipinski definition) is 2. The minimum Gasteiger partial charge on any atom is -0.494 e. The molecule has 0 saturated carbocycles. The highest BCUT2D eigenvalue weighted by molar-refractivity contribution is 5.96. The predicted octanol–water partition coefficient (Wildman–Crippen LogP) is 0.775. The van der Waals surface area contributed by atoms with Crippen LogP contribution in [0.1, 0.15) is 18.9 Å². The standard InChI is InChI=1S/C13H13N3O/c1-8-2-3-10-11(5-9-6-14-7-15-9)13(17)16-12(10)4-8/h3-8,16-17H,2H2,1H3. The first-order valence-electron chi connectivity index (χ1n) is 5.64. The van der Waals surface area contributed by atoms with Gasteiger partial charge >= 0.3 is 0 Å². The largest absolute Gasteiger partial charge is 0.494 e. The lowest BCUT2D eigenvalue weighted by Gasteiger charge is -2.04. The SMILES string of the molecule is CC1C=c2[nH]c(O)c(C=C3C=NC=N3)c2=CC1. The van der Waals surface area contributed by atoms with Gasteiger partial charge in [-0.3, -0.25) is 0 Å². The fourth-order valence-corrected chi connectivity index (χ4v) is 2.15. The summed E-state index contributed by atoms with van der Waals surface area (Å²) in [4.78, 5) is 11.0. The van der Waals surface area contributed by atoms with E-state index in [4.69, 9.17) is 0 Å². The third-order valence-electron chi connectivity index (χ3n) is 3.01. The molecule has 4 heteroatoms. The van der Waals surface area contributed by atoms with Crippen LogP contribution in [0.5, 0.6) is 5.88 Å². The number of allylic oxidation sites excluding steroid dienone is 1. The number of aromatic nitrogens is 1. The van der Waals surface area contributed by atoms with Crippen molar-refractivity contribution in [3.05, 3.63) is 21.8 Å². The number of hydrogen-bond acceptors (Lipinski definition) is 3. The number of rotatable bonds is 1. The lowest BCUT2D eigenvalue weighted by molar-refractivity contribution is 0.455. The molecule has 3 rings (SSSR count). The second kappa shape index (κ2) is 3.73. The summed E-state index contributed by atoms with van der Waals surface area (Å²) >= 11 is 0. The number of aromatic hydroxyl groups is 1. The summed E-state index contributed by atoms with van der Waals surface area (Å²) in [6.45, 7) is 2.16. The van der Waals surface area contributed by atoms with Gasteiger partial charge in [0.15, 0.2) is 5.88 Å². The van der Waals surface area contributed by atoms with Crippen LogP contribution in [0.3, 0.4) is 0 Å². The molecule has 2 aliphatic rings. The zero-order valence-electron chi connectivity index (χ0n) is 9.51. The van der Waals surface area contributed by atoms with Gasteiger partial charge in [0.25, 0.3) is 0 Å². The maximum Gasteiger partial charge on any atom is 0.196 e. The Balaban J connectivity index is 2.20. The van der Waals surface area contributed by atoms with E-state index in [0.29, 0.717) is 5.92 Å². The topological polar surface area (TPSA) is 60.7 Å². The van der Waals surface area contributed by atoms with E-state index in [9.17, 15) is 5.11 Å². The number of fused-ring (bicyclic) bond motifs is 1. The van der Waals surface area contributed by atoms with E-state index in [2.05, 4.69) is 34.0 Å². The van der Waals surface area contributed by atoms with Crippen LogP contribution in [0.4, 0.5) is 0 Å². The van der Waals surface area contributed by atoms with Crippen molar-refractivity contribution < 1.29 is 5.11 Å². The molecule has 0 fully saturated rings. The first kappa shape index (κ1) is 10.1. The van der Waals surface area contributed by atoms with Crippen LogP contribution in [-0.4, -0.2) is 22.6 Å². The molecular weight excluding hydrogens is 214 g/mol. The van der Waals surface area contributed by atoms with Gasteiger partial charge in [-0.15, -0.1) is 0 Å². The highest BCUT2D eigenvalue weighted by Gasteiger charge is 2.11. The predicted molar refractivity (Wildman–Crippen MR) is 69.4 cm³/mol. The van der Waals surface area contributed by atoms with Gasteiger partial charge in [-0.05, 0) is 18.4 Å². The average Bonchev–Trinajstić information content (AvgIpc) is 2.88. The maximum absolute atomic E-state index is 9.91. The molecule has 0 amide bonds. The maximum atomic E-state index is 9.91.